The van der Waals surface area contributed by atoms with Gasteiger partial charge in [0.15, 0.2) is 0 Å². The number of carbonyl (C=O) groups is 2. The molecule has 0 radical (unpaired) electrons. The van der Waals surface area contributed by atoms with Crippen molar-refractivity contribution in [2.75, 3.05) is 19.0 Å². The summed E-state index contributed by atoms with van der Waals surface area (Å²) in [5.74, 6) is -0.792. The second-order valence-electron chi connectivity index (χ2n) is 5.32. The lowest BCUT2D eigenvalue weighted by Crippen LogP contribution is -2.15. The van der Waals surface area contributed by atoms with Crippen LogP contribution < -0.4 is 10.1 Å². The number of amides is 1. The summed E-state index contributed by atoms with van der Waals surface area (Å²) >= 11 is 5.92. The number of benzene rings is 1. The molecule has 26 heavy (non-hydrogen) atoms. The zero-order chi connectivity index (χ0) is 18.7. The molecule has 1 amide bonds. The van der Waals surface area contributed by atoms with Gasteiger partial charge < -0.3 is 19.8 Å². The molecule has 0 aliphatic rings. The fourth-order valence-corrected chi connectivity index (χ4v) is 2.72. The average Bonchev–Trinajstić information content (AvgIpc) is 3.00. The third-order valence-corrected chi connectivity index (χ3v) is 3.86. The number of carbonyl (C=O) groups excluding carboxylic acids is 2. The van der Waals surface area contributed by atoms with Crippen LogP contribution in [-0.4, -0.2) is 35.6 Å². The first-order valence-electron chi connectivity index (χ1n) is 7.84. The second-order valence-corrected chi connectivity index (χ2v) is 5.70. The van der Waals surface area contributed by atoms with Crippen LogP contribution in [-0.2, 0) is 4.74 Å². The van der Waals surface area contributed by atoms with Crippen LogP contribution in [0.1, 0.15) is 27.8 Å². The van der Waals surface area contributed by atoms with Gasteiger partial charge in [0.1, 0.15) is 10.8 Å². The molecule has 8 heteroatoms. The molecule has 0 fully saturated rings. The highest BCUT2D eigenvalue weighted by molar-refractivity contribution is 6.30. The maximum Gasteiger partial charge on any atom is 0.356 e. The molecule has 134 valence electrons. The van der Waals surface area contributed by atoms with Gasteiger partial charge in [-0.2, -0.15) is 0 Å². The number of aromatic amines is 1. The number of methoxy groups -OCH3 is 1. The summed E-state index contributed by atoms with van der Waals surface area (Å²) in [7, 11) is 1.43. The van der Waals surface area contributed by atoms with Gasteiger partial charge in [-0.25, -0.2) is 9.78 Å². The van der Waals surface area contributed by atoms with Gasteiger partial charge in [-0.15, -0.1) is 0 Å². The van der Waals surface area contributed by atoms with Crippen LogP contribution in [0.5, 0.6) is 5.88 Å². The van der Waals surface area contributed by atoms with E-state index in [0.717, 1.165) is 0 Å². The van der Waals surface area contributed by atoms with Crippen molar-refractivity contribution >= 4 is 40.1 Å². The van der Waals surface area contributed by atoms with E-state index in [-0.39, 0.29) is 28.9 Å². The Morgan fingerprint density at radius 3 is 2.77 bits per heavy atom. The highest BCUT2D eigenvalue weighted by Gasteiger charge is 2.21. The Morgan fingerprint density at radius 1 is 1.27 bits per heavy atom. The molecule has 0 bridgehead atoms. The van der Waals surface area contributed by atoms with E-state index in [4.69, 9.17) is 21.1 Å². The number of hydrogen-bond acceptors (Lipinski definition) is 5. The van der Waals surface area contributed by atoms with E-state index < -0.39 is 11.9 Å². The number of H-pyrrole nitrogens is 1. The number of fused-ring (bicyclic) bond motifs is 1. The maximum atomic E-state index is 12.7. The van der Waals surface area contributed by atoms with Gasteiger partial charge >= 0.3 is 5.97 Å². The standard InChI is InChI=1S/C18H16ClN3O4/c1-3-26-18(24)16-15(11-6-4-5-7-12(11)20-16)22-17(23)10-8-13(19)21-14(9-10)25-2/h4-9,20H,3H2,1-2H3,(H,22,23). The minimum atomic E-state index is -0.552. The minimum Gasteiger partial charge on any atom is -0.481 e. The lowest BCUT2D eigenvalue weighted by molar-refractivity contribution is 0.0522. The molecule has 3 aromatic rings. The summed E-state index contributed by atoms with van der Waals surface area (Å²) in [5.41, 5.74) is 1.47. The summed E-state index contributed by atoms with van der Waals surface area (Å²) in [5, 5.41) is 3.57. The van der Waals surface area contributed by atoms with E-state index >= 15 is 0 Å². The Hall–Kier alpha value is -3.06. The fraction of sp³-hybridized carbons (Fsp3) is 0.167. The molecular formula is C18H16ClN3O4. The topological polar surface area (TPSA) is 93.3 Å². The van der Waals surface area contributed by atoms with E-state index in [1.807, 2.05) is 12.1 Å². The summed E-state index contributed by atoms with van der Waals surface area (Å²) in [6.07, 6.45) is 0. The fourth-order valence-electron chi connectivity index (χ4n) is 2.52. The molecule has 0 atom stereocenters. The normalized spacial score (nSPS) is 10.6. The number of ether oxygens (including phenoxy) is 2. The Labute approximate surface area is 154 Å². The van der Waals surface area contributed by atoms with E-state index in [1.165, 1.54) is 19.2 Å². The molecule has 1 aromatic carbocycles. The molecule has 2 heterocycles. The van der Waals surface area contributed by atoms with Crippen molar-refractivity contribution in [2.45, 2.75) is 6.92 Å². The van der Waals surface area contributed by atoms with E-state index in [9.17, 15) is 9.59 Å². The largest absolute Gasteiger partial charge is 0.481 e. The number of nitrogens with zero attached hydrogens (tertiary/aromatic N) is 1. The second kappa shape index (κ2) is 7.45. The summed E-state index contributed by atoms with van der Waals surface area (Å²) in [4.78, 5) is 31.9. The summed E-state index contributed by atoms with van der Waals surface area (Å²) in [6, 6.07) is 10.1. The molecule has 7 nitrogen and oxygen atoms in total. The molecule has 0 unspecified atom stereocenters. The van der Waals surface area contributed by atoms with Gasteiger partial charge in [0, 0.05) is 22.5 Å². The van der Waals surface area contributed by atoms with Gasteiger partial charge in [-0.3, -0.25) is 4.79 Å². The van der Waals surface area contributed by atoms with Crippen molar-refractivity contribution in [3.8, 4) is 5.88 Å². The zero-order valence-electron chi connectivity index (χ0n) is 14.1. The highest BCUT2D eigenvalue weighted by atomic mass is 35.5. The first-order chi connectivity index (χ1) is 12.5. The number of nitrogens with one attached hydrogen (secondary N) is 2. The van der Waals surface area contributed by atoms with Crippen molar-refractivity contribution in [3.63, 3.8) is 0 Å². The van der Waals surface area contributed by atoms with E-state index in [2.05, 4.69) is 15.3 Å². The summed E-state index contributed by atoms with van der Waals surface area (Å²) in [6.45, 7) is 1.93. The molecule has 0 saturated carbocycles. The lowest BCUT2D eigenvalue weighted by Gasteiger charge is -2.08. The van der Waals surface area contributed by atoms with Crippen LogP contribution in [0.4, 0.5) is 5.69 Å². The van der Waals surface area contributed by atoms with Crippen molar-refractivity contribution in [3.05, 3.63) is 52.8 Å². The monoisotopic (exact) mass is 373 g/mol. The Bertz CT molecular complexity index is 984. The molecule has 3 rings (SSSR count). The molecular weight excluding hydrogens is 358 g/mol. The van der Waals surface area contributed by atoms with Crippen molar-refractivity contribution in [1.82, 2.24) is 9.97 Å². The van der Waals surface area contributed by atoms with Crippen LogP contribution in [0.15, 0.2) is 36.4 Å². The first kappa shape index (κ1) is 17.8. The first-order valence-corrected chi connectivity index (χ1v) is 8.22. The lowest BCUT2D eigenvalue weighted by atomic mass is 10.2. The van der Waals surface area contributed by atoms with Crippen molar-refractivity contribution in [2.24, 2.45) is 0 Å². The van der Waals surface area contributed by atoms with E-state index in [1.54, 1.807) is 19.1 Å². The maximum absolute atomic E-state index is 12.7. The third kappa shape index (κ3) is 3.48. The quantitative estimate of drug-likeness (QED) is 0.526. The highest BCUT2D eigenvalue weighted by Crippen LogP contribution is 2.29. The summed E-state index contributed by atoms with van der Waals surface area (Å²) < 4.78 is 10.1. The molecule has 0 saturated heterocycles. The van der Waals surface area contributed by atoms with Crippen LogP contribution in [0.25, 0.3) is 10.9 Å². The average molecular weight is 374 g/mol. The number of halogens is 1. The predicted molar refractivity (Wildman–Crippen MR) is 98.0 cm³/mol. The van der Waals surface area contributed by atoms with Gasteiger partial charge in [-0.05, 0) is 19.1 Å². The van der Waals surface area contributed by atoms with Gasteiger partial charge in [0.2, 0.25) is 5.88 Å². The van der Waals surface area contributed by atoms with Crippen LogP contribution in [0, 0.1) is 0 Å². The Balaban J connectivity index is 2.02. The van der Waals surface area contributed by atoms with Crippen molar-refractivity contribution in [1.29, 1.82) is 0 Å². The Kier molecular flexibility index (Phi) is 5.09. The number of esters is 1. The number of hydrogen-bond donors (Lipinski definition) is 2. The minimum absolute atomic E-state index is 0.124. The number of para-hydroxylation sites is 1. The molecule has 0 aliphatic heterocycles. The number of aromatic nitrogens is 2. The van der Waals surface area contributed by atoms with Crippen molar-refractivity contribution < 1.29 is 19.1 Å². The number of pyridine rings is 1. The molecule has 2 aromatic heterocycles. The predicted octanol–water partition coefficient (Wildman–Crippen LogP) is 3.65. The molecule has 2 N–H and O–H groups in total. The van der Waals surface area contributed by atoms with Gasteiger partial charge in [-0.1, -0.05) is 29.8 Å². The van der Waals surface area contributed by atoms with Crippen LogP contribution >= 0.6 is 11.6 Å². The van der Waals surface area contributed by atoms with Crippen LogP contribution in [0.2, 0.25) is 5.15 Å². The number of rotatable bonds is 5. The van der Waals surface area contributed by atoms with Gasteiger partial charge in [0.25, 0.3) is 5.91 Å². The van der Waals surface area contributed by atoms with Gasteiger partial charge in [0.05, 0.1) is 19.4 Å². The van der Waals surface area contributed by atoms with Crippen LogP contribution in [0.3, 0.4) is 0 Å². The molecule has 0 aliphatic carbocycles. The SMILES string of the molecule is CCOC(=O)c1[nH]c2ccccc2c1NC(=O)c1cc(Cl)nc(OC)c1. The Morgan fingerprint density at radius 2 is 2.04 bits per heavy atom. The zero-order valence-corrected chi connectivity index (χ0v) is 14.9. The number of anilines is 1. The third-order valence-electron chi connectivity index (χ3n) is 3.67. The smallest absolute Gasteiger partial charge is 0.356 e. The van der Waals surface area contributed by atoms with E-state index in [0.29, 0.717) is 16.6 Å². The molecule has 0 spiro atoms.